The number of fused-ring (bicyclic) bond motifs is 1. The second-order valence-electron chi connectivity index (χ2n) is 7.69. The molecule has 5 rings (SSSR count). The lowest BCUT2D eigenvalue weighted by atomic mass is 9.90. The Morgan fingerprint density at radius 2 is 2.14 bits per heavy atom. The van der Waals surface area contributed by atoms with E-state index in [1.807, 2.05) is 25.1 Å². The second kappa shape index (κ2) is 6.90. The van der Waals surface area contributed by atoms with Crippen LogP contribution in [-0.2, 0) is 4.79 Å². The molecule has 2 fully saturated rings. The van der Waals surface area contributed by atoms with Gasteiger partial charge in [-0.25, -0.2) is 0 Å². The number of aromatic nitrogens is 1. The summed E-state index contributed by atoms with van der Waals surface area (Å²) in [5, 5.41) is 3.13. The van der Waals surface area contributed by atoms with Crippen LogP contribution in [0.1, 0.15) is 31.7 Å². The fourth-order valence-electron chi connectivity index (χ4n) is 4.04. The highest BCUT2D eigenvalue weighted by atomic mass is 32.1. The van der Waals surface area contributed by atoms with Gasteiger partial charge in [0.1, 0.15) is 17.0 Å². The van der Waals surface area contributed by atoms with Crippen molar-refractivity contribution in [3.05, 3.63) is 43.3 Å². The molecule has 1 unspecified atom stereocenters. The number of ketones is 1. The summed E-state index contributed by atoms with van der Waals surface area (Å²) in [5.74, 6) is 0.981. The van der Waals surface area contributed by atoms with Crippen molar-refractivity contribution in [2.75, 3.05) is 24.6 Å². The van der Waals surface area contributed by atoms with Crippen molar-refractivity contribution in [1.29, 1.82) is 0 Å². The second-order valence-corrected chi connectivity index (χ2v) is 8.75. The van der Waals surface area contributed by atoms with Crippen LogP contribution in [0.5, 0.6) is 5.75 Å². The van der Waals surface area contributed by atoms with E-state index in [0.717, 1.165) is 30.2 Å². The van der Waals surface area contributed by atoms with Gasteiger partial charge in [0, 0.05) is 18.2 Å². The monoisotopic (exact) mass is 397 g/mol. The molecule has 1 saturated carbocycles. The molecule has 28 heavy (non-hydrogen) atoms. The smallest absolute Gasteiger partial charge is 0.266 e. The van der Waals surface area contributed by atoms with E-state index in [4.69, 9.17) is 4.74 Å². The Bertz CT molecular complexity index is 1110. The first-order valence-corrected chi connectivity index (χ1v) is 10.7. The summed E-state index contributed by atoms with van der Waals surface area (Å²) in [6.45, 7) is 3.98. The number of carbonyl (C=O) groups excluding carboxylic acids is 1. The van der Waals surface area contributed by atoms with E-state index in [0.29, 0.717) is 27.4 Å². The molecule has 2 N–H and O–H groups in total. The molecule has 3 heterocycles. The number of hydrogen-bond acceptors (Lipinski definition) is 6. The van der Waals surface area contributed by atoms with E-state index in [1.165, 1.54) is 30.6 Å². The summed E-state index contributed by atoms with van der Waals surface area (Å²) < 4.78 is 7.10. The van der Waals surface area contributed by atoms with Crippen LogP contribution in [-0.4, -0.2) is 42.5 Å². The lowest BCUT2D eigenvalue weighted by Crippen LogP contribution is -2.44. The molecule has 146 valence electrons. The minimum absolute atomic E-state index is 0.0612. The number of benzene rings is 1. The Morgan fingerprint density at radius 1 is 1.29 bits per heavy atom. The minimum atomic E-state index is -0.189. The van der Waals surface area contributed by atoms with Crippen LogP contribution < -0.4 is 29.7 Å². The molecule has 1 aromatic carbocycles. The van der Waals surface area contributed by atoms with Gasteiger partial charge in [0.15, 0.2) is 5.78 Å². The van der Waals surface area contributed by atoms with Crippen molar-refractivity contribution in [2.24, 2.45) is 0 Å². The summed E-state index contributed by atoms with van der Waals surface area (Å²) in [6, 6.07) is 6.51. The molecule has 2 aliphatic heterocycles. The maximum atomic E-state index is 12.4. The quantitative estimate of drug-likeness (QED) is 0.782. The number of carbonyl (C=O) groups is 1. The molecular formula is C21H23N3O3S. The van der Waals surface area contributed by atoms with E-state index in [1.54, 1.807) is 0 Å². The number of rotatable bonds is 2. The third-order valence-corrected chi connectivity index (χ3v) is 6.98. The first-order chi connectivity index (χ1) is 13.6. The van der Waals surface area contributed by atoms with Crippen molar-refractivity contribution in [2.45, 2.75) is 38.3 Å². The average molecular weight is 398 g/mol. The molecule has 7 heteroatoms. The Kier molecular flexibility index (Phi) is 4.36. The van der Waals surface area contributed by atoms with Gasteiger partial charge >= 0.3 is 0 Å². The Morgan fingerprint density at radius 3 is 2.86 bits per heavy atom. The number of ether oxygens (including phenoxy) is 1. The largest absolute Gasteiger partial charge is 0.490 e. The van der Waals surface area contributed by atoms with E-state index in [2.05, 4.69) is 21.3 Å². The number of anilines is 1. The molecule has 0 radical (unpaired) electrons. The van der Waals surface area contributed by atoms with Crippen molar-refractivity contribution < 1.29 is 9.53 Å². The van der Waals surface area contributed by atoms with Crippen molar-refractivity contribution >= 4 is 34.5 Å². The normalized spacial score (nSPS) is 24.9. The highest BCUT2D eigenvalue weighted by Gasteiger charge is 2.29. The molecule has 1 aromatic heterocycles. The SMILES string of the molecule is CC1NC/C(=c2/[nH]c(=O)/c(=C/c3ccc4c(c3)N(C3CCC3)CCO4)s2)C1=O. The molecular weight excluding hydrogens is 374 g/mol. The van der Waals surface area contributed by atoms with Crippen LogP contribution >= 0.6 is 11.3 Å². The van der Waals surface area contributed by atoms with Gasteiger partial charge in [-0.3, -0.25) is 9.59 Å². The number of thiazole rings is 1. The number of hydrogen-bond donors (Lipinski definition) is 2. The van der Waals surface area contributed by atoms with Gasteiger partial charge in [0.2, 0.25) is 0 Å². The predicted octanol–water partition coefficient (Wildman–Crippen LogP) is 0.728. The van der Waals surface area contributed by atoms with Gasteiger partial charge in [-0.05, 0) is 50.0 Å². The number of nitrogens with zero attached hydrogens (tertiary/aromatic N) is 1. The highest BCUT2D eigenvalue weighted by molar-refractivity contribution is 7.07. The molecule has 1 atom stereocenters. The van der Waals surface area contributed by atoms with Crippen LogP contribution in [0, 0.1) is 0 Å². The molecule has 0 spiro atoms. The van der Waals surface area contributed by atoms with Crippen LogP contribution in [0.3, 0.4) is 0 Å². The average Bonchev–Trinajstić information content (AvgIpc) is 3.17. The lowest BCUT2D eigenvalue weighted by molar-refractivity contribution is -0.114. The van der Waals surface area contributed by atoms with Gasteiger partial charge in [-0.2, -0.15) is 0 Å². The van der Waals surface area contributed by atoms with Gasteiger partial charge < -0.3 is 19.9 Å². The topological polar surface area (TPSA) is 74.4 Å². The standard InChI is InChI=1S/C21H23N3O3S/c1-12-19(25)15(11-22-12)21-23-20(26)18(28-21)10-13-5-6-17-16(9-13)24(7-8-27-17)14-3-2-4-14/h5-6,9-10,12,14,22H,2-4,7-8,11H2,1H3,(H,23,26)/b18-10-,21-15+. The molecule has 1 saturated heterocycles. The Labute approximate surface area is 166 Å². The summed E-state index contributed by atoms with van der Waals surface area (Å²) in [4.78, 5) is 30.0. The molecule has 3 aliphatic rings. The molecule has 6 nitrogen and oxygen atoms in total. The third-order valence-electron chi connectivity index (χ3n) is 5.91. The van der Waals surface area contributed by atoms with Gasteiger partial charge in [-0.1, -0.05) is 6.07 Å². The first kappa shape index (κ1) is 17.7. The van der Waals surface area contributed by atoms with E-state index >= 15 is 0 Å². The number of Topliss-reactive ketones (excluding diaryl/α,β-unsaturated/α-hetero) is 1. The number of nitrogens with one attached hydrogen (secondary N) is 2. The zero-order chi connectivity index (χ0) is 19.3. The van der Waals surface area contributed by atoms with Gasteiger partial charge in [0.05, 0.1) is 22.8 Å². The fraction of sp³-hybridized carbons (Fsp3) is 0.429. The third kappa shape index (κ3) is 2.99. The van der Waals surface area contributed by atoms with Crippen LogP contribution in [0.2, 0.25) is 0 Å². The summed E-state index contributed by atoms with van der Waals surface area (Å²) in [7, 11) is 0. The maximum absolute atomic E-state index is 12.4. The van der Waals surface area contributed by atoms with Gasteiger partial charge in [-0.15, -0.1) is 11.3 Å². The van der Waals surface area contributed by atoms with Crippen molar-refractivity contribution in [3.63, 3.8) is 0 Å². The zero-order valence-electron chi connectivity index (χ0n) is 15.8. The van der Waals surface area contributed by atoms with Crippen LogP contribution in [0.15, 0.2) is 23.0 Å². The molecule has 0 bridgehead atoms. The Hall–Kier alpha value is -2.38. The number of H-pyrrole nitrogens is 1. The molecule has 2 aromatic rings. The predicted molar refractivity (Wildman–Crippen MR) is 111 cm³/mol. The Balaban J connectivity index is 1.55. The molecule has 1 aliphatic carbocycles. The van der Waals surface area contributed by atoms with Crippen molar-refractivity contribution in [3.8, 4) is 5.75 Å². The van der Waals surface area contributed by atoms with Gasteiger partial charge in [0.25, 0.3) is 5.56 Å². The lowest BCUT2D eigenvalue weighted by Gasteiger charge is -2.42. The van der Waals surface area contributed by atoms with E-state index in [-0.39, 0.29) is 17.4 Å². The van der Waals surface area contributed by atoms with E-state index in [9.17, 15) is 9.59 Å². The van der Waals surface area contributed by atoms with Crippen molar-refractivity contribution in [1.82, 2.24) is 10.3 Å². The zero-order valence-corrected chi connectivity index (χ0v) is 16.6. The first-order valence-electron chi connectivity index (χ1n) is 9.85. The summed E-state index contributed by atoms with van der Waals surface area (Å²) in [6.07, 6.45) is 5.67. The van der Waals surface area contributed by atoms with Crippen LogP contribution in [0.25, 0.3) is 11.6 Å². The highest BCUT2D eigenvalue weighted by Crippen LogP contribution is 2.38. The van der Waals surface area contributed by atoms with E-state index < -0.39 is 0 Å². The maximum Gasteiger partial charge on any atom is 0.266 e. The molecule has 0 amide bonds. The van der Waals surface area contributed by atoms with Crippen LogP contribution in [0.4, 0.5) is 5.69 Å². The fourth-order valence-corrected chi connectivity index (χ4v) is 5.04. The summed E-state index contributed by atoms with van der Waals surface area (Å²) in [5.41, 5.74) is 2.62. The summed E-state index contributed by atoms with van der Waals surface area (Å²) >= 11 is 1.35. The minimum Gasteiger partial charge on any atom is -0.490 e. The number of aromatic amines is 1.